The minimum atomic E-state index is 0.886. The summed E-state index contributed by atoms with van der Waals surface area (Å²) in [6, 6.07) is 0. The molecule has 92 valence electrons. The Kier molecular flexibility index (Phi) is 17.9. The Morgan fingerprint density at radius 3 is 2.44 bits per heavy atom. The van der Waals surface area contributed by atoms with E-state index in [1.165, 1.54) is 31.3 Å². The molecule has 0 rings (SSSR count). The summed E-state index contributed by atoms with van der Waals surface area (Å²) in [6.07, 6.45) is 8.59. The Balaban J connectivity index is 0. The Morgan fingerprint density at radius 2 is 1.94 bits per heavy atom. The molecule has 0 atom stereocenters. The van der Waals surface area contributed by atoms with E-state index in [4.69, 9.17) is 4.74 Å². The molecule has 1 heteroatoms. The fourth-order valence-electron chi connectivity index (χ4n) is 1.09. The molecule has 16 heavy (non-hydrogen) atoms. The van der Waals surface area contributed by atoms with Gasteiger partial charge in [-0.25, -0.2) is 0 Å². The SMILES string of the molecule is C=CC.CC#C/C=C(\C)CCCCCOC. The van der Waals surface area contributed by atoms with E-state index in [1.54, 1.807) is 13.2 Å². The molecule has 0 aromatic rings. The zero-order valence-corrected chi connectivity index (χ0v) is 11.3. The first-order valence-corrected chi connectivity index (χ1v) is 5.86. The summed E-state index contributed by atoms with van der Waals surface area (Å²) in [6.45, 7) is 10.1. The molecule has 0 bridgehead atoms. The highest BCUT2D eigenvalue weighted by atomic mass is 16.5. The average molecular weight is 222 g/mol. The van der Waals surface area contributed by atoms with Crippen molar-refractivity contribution in [2.75, 3.05) is 13.7 Å². The summed E-state index contributed by atoms with van der Waals surface area (Å²) < 4.78 is 4.98. The highest BCUT2D eigenvalue weighted by Crippen LogP contribution is 2.07. The molecular formula is C15H26O. The fraction of sp³-hybridized carbons (Fsp3) is 0.600. The lowest BCUT2D eigenvalue weighted by Gasteiger charge is -2.00. The summed E-state index contributed by atoms with van der Waals surface area (Å²) >= 11 is 0. The molecule has 0 unspecified atom stereocenters. The van der Waals surface area contributed by atoms with Crippen LogP contribution in [-0.4, -0.2) is 13.7 Å². The quantitative estimate of drug-likeness (QED) is 0.369. The van der Waals surface area contributed by atoms with E-state index in [1.807, 2.05) is 19.9 Å². The molecule has 0 aromatic carbocycles. The van der Waals surface area contributed by atoms with Crippen molar-refractivity contribution in [2.24, 2.45) is 0 Å². The van der Waals surface area contributed by atoms with Gasteiger partial charge in [0, 0.05) is 13.7 Å². The number of rotatable bonds is 6. The monoisotopic (exact) mass is 222 g/mol. The molecule has 0 spiro atoms. The summed E-state index contributed by atoms with van der Waals surface area (Å²) in [5.41, 5.74) is 1.38. The maximum Gasteiger partial charge on any atom is 0.0462 e. The van der Waals surface area contributed by atoms with E-state index in [-0.39, 0.29) is 0 Å². The third kappa shape index (κ3) is 18.7. The Morgan fingerprint density at radius 1 is 1.31 bits per heavy atom. The third-order valence-electron chi connectivity index (χ3n) is 1.88. The number of unbranched alkanes of at least 4 members (excludes halogenated alkanes) is 2. The van der Waals surface area contributed by atoms with E-state index in [9.17, 15) is 0 Å². The van der Waals surface area contributed by atoms with Crippen LogP contribution < -0.4 is 0 Å². The summed E-state index contributed by atoms with van der Waals surface area (Å²) in [4.78, 5) is 0. The van der Waals surface area contributed by atoms with Gasteiger partial charge in [0.1, 0.15) is 0 Å². The minimum Gasteiger partial charge on any atom is -0.385 e. The van der Waals surface area contributed by atoms with Crippen LogP contribution in [0, 0.1) is 11.8 Å². The number of methoxy groups -OCH3 is 1. The van der Waals surface area contributed by atoms with Crippen molar-refractivity contribution >= 4 is 0 Å². The summed E-state index contributed by atoms with van der Waals surface area (Å²) in [5, 5.41) is 0. The van der Waals surface area contributed by atoms with Gasteiger partial charge in [0.2, 0.25) is 0 Å². The first-order chi connectivity index (χ1) is 7.72. The number of allylic oxidation sites excluding steroid dienone is 3. The predicted molar refractivity (Wildman–Crippen MR) is 73.4 cm³/mol. The largest absolute Gasteiger partial charge is 0.385 e. The van der Waals surface area contributed by atoms with Crippen molar-refractivity contribution in [3.8, 4) is 11.8 Å². The van der Waals surface area contributed by atoms with Crippen LogP contribution in [0.5, 0.6) is 0 Å². The van der Waals surface area contributed by atoms with Crippen molar-refractivity contribution < 1.29 is 4.74 Å². The molecule has 0 aliphatic heterocycles. The predicted octanol–water partition coefficient (Wildman–Crippen LogP) is 4.36. The van der Waals surface area contributed by atoms with Gasteiger partial charge in [-0.1, -0.05) is 24.0 Å². The molecule has 0 N–H and O–H groups in total. The minimum absolute atomic E-state index is 0.886. The van der Waals surface area contributed by atoms with Crippen LogP contribution in [0.15, 0.2) is 24.3 Å². The number of hydrogen-bond donors (Lipinski definition) is 0. The Bertz CT molecular complexity index is 228. The lowest BCUT2D eigenvalue weighted by Crippen LogP contribution is -1.88. The molecule has 0 saturated carbocycles. The van der Waals surface area contributed by atoms with E-state index in [0.29, 0.717) is 0 Å². The lowest BCUT2D eigenvalue weighted by atomic mass is 10.1. The van der Waals surface area contributed by atoms with Gasteiger partial charge < -0.3 is 4.74 Å². The first-order valence-electron chi connectivity index (χ1n) is 5.86. The maximum atomic E-state index is 4.98. The van der Waals surface area contributed by atoms with E-state index < -0.39 is 0 Å². The molecule has 0 fully saturated rings. The van der Waals surface area contributed by atoms with Crippen LogP contribution in [0.2, 0.25) is 0 Å². The molecular weight excluding hydrogens is 196 g/mol. The molecule has 0 aliphatic carbocycles. The lowest BCUT2D eigenvalue weighted by molar-refractivity contribution is 0.192. The van der Waals surface area contributed by atoms with E-state index >= 15 is 0 Å². The van der Waals surface area contributed by atoms with Crippen LogP contribution in [0.3, 0.4) is 0 Å². The van der Waals surface area contributed by atoms with Gasteiger partial charge in [0.25, 0.3) is 0 Å². The van der Waals surface area contributed by atoms with Crippen LogP contribution in [0.1, 0.15) is 46.5 Å². The third-order valence-corrected chi connectivity index (χ3v) is 1.88. The van der Waals surface area contributed by atoms with Gasteiger partial charge in [-0.15, -0.1) is 12.5 Å². The van der Waals surface area contributed by atoms with Crippen LogP contribution in [-0.2, 0) is 4.74 Å². The van der Waals surface area contributed by atoms with E-state index in [0.717, 1.165) is 6.61 Å². The smallest absolute Gasteiger partial charge is 0.0462 e. The molecule has 0 amide bonds. The Labute approximate surface area is 102 Å². The highest BCUT2D eigenvalue weighted by molar-refractivity contribution is 5.18. The molecule has 0 heterocycles. The van der Waals surface area contributed by atoms with Crippen LogP contribution in [0.4, 0.5) is 0 Å². The van der Waals surface area contributed by atoms with Gasteiger partial charge in [-0.05, 0) is 46.1 Å². The zero-order chi connectivity index (χ0) is 12.6. The maximum absolute atomic E-state index is 4.98. The summed E-state index contributed by atoms with van der Waals surface area (Å²) in [7, 11) is 1.75. The number of hydrogen-bond acceptors (Lipinski definition) is 1. The van der Waals surface area contributed by atoms with Gasteiger partial charge >= 0.3 is 0 Å². The normalized spacial score (nSPS) is 9.62. The standard InChI is InChI=1S/C12H20O.C3H6/c1-4-5-9-12(2)10-7-6-8-11-13-3;1-3-2/h9H,6-8,10-11H2,1-3H3;3H,1H2,2H3/b12-9+;. The van der Waals surface area contributed by atoms with Gasteiger partial charge in [-0.2, -0.15) is 0 Å². The van der Waals surface area contributed by atoms with Crippen LogP contribution >= 0.6 is 0 Å². The van der Waals surface area contributed by atoms with Crippen molar-refractivity contribution in [3.63, 3.8) is 0 Å². The average Bonchev–Trinajstić information content (AvgIpc) is 2.27. The first kappa shape index (κ1) is 17.4. The van der Waals surface area contributed by atoms with Crippen LogP contribution in [0.25, 0.3) is 0 Å². The highest BCUT2D eigenvalue weighted by Gasteiger charge is 1.90. The summed E-state index contributed by atoms with van der Waals surface area (Å²) in [5.74, 6) is 5.83. The van der Waals surface area contributed by atoms with Crippen molar-refractivity contribution in [1.82, 2.24) is 0 Å². The number of ether oxygens (including phenoxy) is 1. The topological polar surface area (TPSA) is 9.23 Å². The Hall–Kier alpha value is -1.00. The molecule has 1 nitrogen and oxygen atoms in total. The fourth-order valence-corrected chi connectivity index (χ4v) is 1.09. The van der Waals surface area contributed by atoms with Crippen molar-refractivity contribution in [1.29, 1.82) is 0 Å². The van der Waals surface area contributed by atoms with Crippen molar-refractivity contribution in [2.45, 2.75) is 46.5 Å². The molecule has 0 radical (unpaired) electrons. The second-order valence-corrected chi connectivity index (χ2v) is 3.60. The molecule has 0 aliphatic rings. The molecule has 0 aromatic heterocycles. The van der Waals surface area contributed by atoms with Gasteiger partial charge in [-0.3, -0.25) is 0 Å². The van der Waals surface area contributed by atoms with Gasteiger partial charge in [0.15, 0.2) is 0 Å². The van der Waals surface area contributed by atoms with Gasteiger partial charge in [0.05, 0.1) is 0 Å². The second kappa shape index (κ2) is 16.4. The van der Waals surface area contributed by atoms with E-state index in [2.05, 4.69) is 25.3 Å². The van der Waals surface area contributed by atoms with Crippen molar-refractivity contribution in [3.05, 3.63) is 24.3 Å². The molecule has 0 saturated heterocycles. The zero-order valence-electron chi connectivity index (χ0n) is 11.3. The second-order valence-electron chi connectivity index (χ2n) is 3.60.